The van der Waals surface area contributed by atoms with Crippen molar-refractivity contribution in [3.63, 3.8) is 0 Å². The molecule has 0 aliphatic heterocycles. The number of rotatable bonds is 5. The predicted molar refractivity (Wildman–Crippen MR) is 93.0 cm³/mol. The highest BCUT2D eigenvalue weighted by Gasteiger charge is 2.16. The summed E-state index contributed by atoms with van der Waals surface area (Å²) in [6.45, 7) is 4.33. The monoisotopic (exact) mass is 330 g/mol. The number of halogens is 1. The van der Waals surface area contributed by atoms with Crippen LogP contribution in [-0.4, -0.2) is 24.9 Å². The fourth-order valence-corrected chi connectivity index (χ4v) is 2.51. The van der Waals surface area contributed by atoms with E-state index in [1.807, 2.05) is 38.1 Å². The first-order valence-corrected chi connectivity index (χ1v) is 7.80. The van der Waals surface area contributed by atoms with Crippen molar-refractivity contribution in [2.45, 2.75) is 13.8 Å². The lowest BCUT2D eigenvalue weighted by Gasteiger charge is -2.21. The lowest BCUT2D eigenvalue weighted by atomic mass is 10.2. The quantitative estimate of drug-likeness (QED) is 0.913. The summed E-state index contributed by atoms with van der Waals surface area (Å²) in [6.07, 6.45) is 0. The van der Waals surface area contributed by atoms with Crippen LogP contribution in [0.5, 0.6) is 0 Å². The van der Waals surface area contributed by atoms with Crippen molar-refractivity contribution in [3.05, 3.63) is 64.7 Å². The second kappa shape index (κ2) is 7.79. The number of likely N-dealkylation sites (N-methyl/N-ethyl adjacent to an activating group) is 1. The van der Waals surface area contributed by atoms with Gasteiger partial charge in [-0.05, 0) is 43.7 Å². The molecule has 1 N–H and O–H groups in total. The highest BCUT2D eigenvalue weighted by atomic mass is 35.5. The van der Waals surface area contributed by atoms with E-state index in [1.54, 1.807) is 29.2 Å². The Morgan fingerprint density at radius 2 is 1.87 bits per heavy atom. The van der Waals surface area contributed by atoms with Crippen LogP contribution in [0.15, 0.2) is 48.5 Å². The van der Waals surface area contributed by atoms with Gasteiger partial charge in [0, 0.05) is 12.2 Å². The van der Waals surface area contributed by atoms with E-state index in [-0.39, 0.29) is 18.4 Å². The van der Waals surface area contributed by atoms with Gasteiger partial charge in [-0.25, -0.2) is 0 Å². The van der Waals surface area contributed by atoms with Gasteiger partial charge in [0.2, 0.25) is 5.91 Å². The van der Waals surface area contributed by atoms with E-state index < -0.39 is 0 Å². The third kappa shape index (κ3) is 4.33. The Hall–Kier alpha value is -2.33. The topological polar surface area (TPSA) is 49.4 Å². The summed E-state index contributed by atoms with van der Waals surface area (Å²) in [6, 6.07) is 14.4. The minimum atomic E-state index is -0.357. The summed E-state index contributed by atoms with van der Waals surface area (Å²) in [5.41, 5.74) is 2.26. The standard InChI is InChI=1S/C18H19ClN2O2/c1-3-21(14-8-6-7-13(2)11-14)17(22)12-20-18(23)15-9-4-5-10-16(15)19/h4-11H,3,12H2,1-2H3,(H,20,23). The first-order valence-electron chi connectivity index (χ1n) is 7.42. The molecule has 2 rings (SSSR count). The molecule has 120 valence electrons. The molecule has 4 nitrogen and oxygen atoms in total. The van der Waals surface area contributed by atoms with Gasteiger partial charge in [-0.3, -0.25) is 9.59 Å². The van der Waals surface area contributed by atoms with Crippen LogP contribution in [0.4, 0.5) is 5.69 Å². The highest BCUT2D eigenvalue weighted by Crippen LogP contribution is 2.16. The van der Waals surface area contributed by atoms with E-state index in [0.29, 0.717) is 17.1 Å². The molecule has 23 heavy (non-hydrogen) atoms. The van der Waals surface area contributed by atoms with Gasteiger partial charge in [0.15, 0.2) is 0 Å². The van der Waals surface area contributed by atoms with E-state index in [9.17, 15) is 9.59 Å². The maximum atomic E-state index is 12.4. The van der Waals surface area contributed by atoms with E-state index >= 15 is 0 Å². The molecule has 0 atom stereocenters. The molecular weight excluding hydrogens is 312 g/mol. The summed E-state index contributed by atoms with van der Waals surface area (Å²) in [5.74, 6) is -0.525. The Morgan fingerprint density at radius 3 is 2.52 bits per heavy atom. The molecule has 0 fully saturated rings. The molecule has 0 aliphatic carbocycles. The summed E-state index contributed by atoms with van der Waals surface area (Å²) >= 11 is 5.98. The van der Waals surface area contributed by atoms with Crippen LogP contribution < -0.4 is 10.2 Å². The number of hydrogen-bond donors (Lipinski definition) is 1. The summed E-state index contributed by atoms with van der Waals surface area (Å²) in [4.78, 5) is 26.1. The zero-order valence-electron chi connectivity index (χ0n) is 13.2. The molecule has 0 bridgehead atoms. The van der Waals surface area contributed by atoms with Gasteiger partial charge in [0.05, 0.1) is 17.1 Å². The molecule has 2 amide bonds. The minimum absolute atomic E-state index is 0.0775. The Kier molecular flexibility index (Phi) is 5.77. The zero-order valence-corrected chi connectivity index (χ0v) is 13.9. The fourth-order valence-electron chi connectivity index (χ4n) is 2.29. The van der Waals surface area contributed by atoms with E-state index in [1.165, 1.54) is 0 Å². The normalized spacial score (nSPS) is 10.2. The second-order valence-electron chi connectivity index (χ2n) is 5.14. The first-order chi connectivity index (χ1) is 11.0. The molecule has 0 saturated carbocycles. The van der Waals surface area contributed by atoms with Gasteiger partial charge in [-0.2, -0.15) is 0 Å². The molecular formula is C18H19ClN2O2. The highest BCUT2D eigenvalue weighted by molar-refractivity contribution is 6.33. The molecule has 2 aromatic carbocycles. The van der Waals surface area contributed by atoms with Gasteiger partial charge in [-0.15, -0.1) is 0 Å². The van der Waals surface area contributed by atoms with Crippen LogP contribution in [0, 0.1) is 6.92 Å². The van der Waals surface area contributed by atoms with Crippen LogP contribution in [-0.2, 0) is 4.79 Å². The zero-order chi connectivity index (χ0) is 16.8. The largest absolute Gasteiger partial charge is 0.343 e. The first kappa shape index (κ1) is 17.0. The summed E-state index contributed by atoms with van der Waals surface area (Å²) < 4.78 is 0. The fraction of sp³-hybridized carbons (Fsp3) is 0.222. The van der Waals surface area contributed by atoms with Crippen molar-refractivity contribution < 1.29 is 9.59 Å². The van der Waals surface area contributed by atoms with Gasteiger partial charge in [-0.1, -0.05) is 35.9 Å². The molecule has 0 heterocycles. The van der Waals surface area contributed by atoms with Crippen molar-refractivity contribution in [2.75, 3.05) is 18.0 Å². The van der Waals surface area contributed by atoms with Crippen molar-refractivity contribution in [3.8, 4) is 0 Å². The van der Waals surface area contributed by atoms with Gasteiger partial charge in [0.1, 0.15) is 0 Å². The van der Waals surface area contributed by atoms with E-state index in [4.69, 9.17) is 11.6 Å². The number of hydrogen-bond acceptors (Lipinski definition) is 2. The average molecular weight is 331 g/mol. The number of amides is 2. The minimum Gasteiger partial charge on any atom is -0.343 e. The number of nitrogens with zero attached hydrogens (tertiary/aromatic N) is 1. The third-order valence-electron chi connectivity index (χ3n) is 3.45. The third-order valence-corrected chi connectivity index (χ3v) is 3.78. The Morgan fingerprint density at radius 1 is 1.13 bits per heavy atom. The van der Waals surface area contributed by atoms with Crippen molar-refractivity contribution in [1.82, 2.24) is 5.32 Å². The van der Waals surface area contributed by atoms with Gasteiger partial charge in [0.25, 0.3) is 5.91 Å². The summed E-state index contributed by atoms with van der Waals surface area (Å²) in [5, 5.41) is 2.99. The van der Waals surface area contributed by atoms with Crippen LogP contribution in [0.3, 0.4) is 0 Å². The van der Waals surface area contributed by atoms with Crippen molar-refractivity contribution in [2.24, 2.45) is 0 Å². The lowest BCUT2D eigenvalue weighted by molar-refractivity contribution is -0.117. The van der Waals surface area contributed by atoms with E-state index in [0.717, 1.165) is 11.3 Å². The number of carbonyl (C=O) groups is 2. The Balaban J connectivity index is 2.03. The lowest BCUT2D eigenvalue weighted by Crippen LogP contribution is -2.40. The molecule has 5 heteroatoms. The molecule has 0 unspecified atom stereocenters. The van der Waals surface area contributed by atoms with Gasteiger partial charge >= 0.3 is 0 Å². The van der Waals surface area contributed by atoms with Gasteiger partial charge < -0.3 is 10.2 Å². The average Bonchev–Trinajstić information content (AvgIpc) is 2.54. The molecule has 0 saturated heterocycles. The second-order valence-corrected chi connectivity index (χ2v) is 5.55. The Labute approximate surface area is 141 Å². The number of aryl methyl sites for hydroxylation is 1. The van der Waals surface area contributed by atoms with Crippen LogP contribution in [0.1, 0.15) is 22.8 Å². The SMILES string of the molecule is CCN(C(=O)CNC(=O)c1ccccc1Cl)c1cccc(C)c1. The van der Waals surface area contributed by atoms with Crippen LogP contribution in [0.2, 0.25) is 5.02 Å². The smallest absolute Gasteiger partial charge is 0.253 e. The molecule has 2 aromatic rings. The number of carbonyl (C=O) groups excluding carboxylic acids is 2. The number of anilines is 1. The molecule has 0 radical (unpaired) electrons. The van der Waals surface area contributed by atoms with Crippen LogP contribution >= 0.6 is 11.6 Å². The molecule has 0 aromatic heterocycles. The number of benzene rings is 2. The van der Waals surface area contributed by atoms with Crippen LogP contribution in [0.25, 0.3) is 0 Å². The van der Waals surface area contributed by atoms with E-state index in [2.05, 4.69) is 5.32 Å². The maximum absolute atomic E-state index is 12.4. The summed E-state index contributed by atoms with van der Waals surface area (Å²) in [7, 11) is 0. The maximum Gasteiger partial charge on any atom is 0.253 e. The van der Waals surface area contributed by atoms with Crippen molar-refractivity contribution in [1.29, 1.82) is 0 Å². The number of nitrogens with one attached hydrogen (secondary N) is 1. The molecule has 0 aliphatic rings. The Bertz CT molecular complexity index is 716. The molecule has 0 spiro atoms. The predicted octanol–water partition coefficient (Wildman–Crippen LogP) is 3.43. The van der Waals surface area contributed by atoms with Crippen molar-refractivity contribution >= 4 is 29.1 Å².